The molecule has 1 unspecified atom stereocenters. The lowest BCUT2D eigenvalue weighted by Crippen LogP contribution is -2.45. The van der Waals surface area contributed by atoms with E-state index in [1.165, 1.54) is 19.9 Å². The van der Waals surface area contributed by atoms with Crippen molar-refractivity contribution in [2.75, 3.05) is 20.1 Å². The molecule has 1 rings (SSSR count). The molecule has 1 fully saturated rings. The van der Waals surface area contributed by atoms with Gasteiger partial charge in [0, 0.05) is 20.1 Å². The largest absolute Gasteiger partial charge is 0.351 e. The van der Waals surface area contributed by atoms with Crippen LogP contribution in [0.4, 0.5) is 0 Å². The van der Waals surface area contributed by atoms with Gasteiger partial charge in [-0.1, -0.05) is 20.3 Å². The van der Waals surface area contributed by atoms with Gasteiger partial charge in [-0.25, -0.2) is 0 Å². The van der Waals surface area contributed by atoms with Crippen LogP contribution in [0.5, 0.6) is 0 Å². The van der Waals surface area contributed by atoms with Gasteiger partial charge in [0.05, 0.1) is 0 Å². The SMILES string of the molecule is CCC(C)CC1CCN(C(=O)C(=O)NC)CC1. The van der Waals surface area contributed by atoms with E-state index in [-0.39, 0.29) is 5.91 Å². The maximum atomic E-state index is 11.6. The quantitative estimate of drug-likeness (QED) is 0.758. The van der Waals surface area contributed by atoms with Crippen molar-refractivity contribution in [2.24, 2.45) is 11.8 Å². The molecular formula is C13H24N2O2. The van der Waals surface area contributed by atoms with E-state index in [0.29, 0.717) is 0 Å². The van der Waals surface area contributed by atoms with Gasteiger partial charge >= 0.3 is 11.8 Å². The van der Waals surface area contributed by atoms with Crippen LogP contribution < -0.4 is 5.32 Å². The number of hydrogen-bond acceptors (Lipinski definition) is 2. The average molecular weight is 240 g/mol. The molecule has 17 heavy (non-hydrogen) atoms. The fourth-order valence-corrected chi connectivity index (χ4v) is 2.36. The summed E-state index contributed by atoms with van der Waals surface area (Å²) in [6.45, 7) is 5.96. The van der Waals surface area contributed by atoms with Gasteiger partial charge in [-0.3, -0.25) is 9.59 Å². The van der Waals surface area contributed by atoms with Crippen LogP contribution in [-0.4, -0.2) is 36.9 Å². The molecule has 0 aromatic rings. The summed E-state index contributed by atoms with van der Waals surface area (Å²) >= 11 is 0. The van der Waals surface area contributed by atoms with Crippen molar-refractivity contribution >= 4 is 11.8 Å². The highest BCUT2D eigenvalue weighted by molar-refractivity contribution is 6.34. The maximum absolute atomic E-state index is 11.6. The molecule has 0 aliphatic carbocycles. The first-order chi connectivity index (χ1) is 8.08. The second-order valence-corrected chi connectivity index (χ2v) is 5.06. The zero-order valence-electron chi connectivity index (χ0n) is 11.2. The lowest BCUT2D eigenvalue weighted by Gasteiger charge is -2.32. The van der Waals surface area contributed by atoms with Crippen molar-refractivity contribution in [3.05, 3.63) is 0 Å². The van der Waals surface area contributed by atoms with Crippen LogP contribution in [0.15, 0.2) is 0 Å². The molecule has 1 N–H and O–H groups in total. The van der Waals surface area contributed by atoms with Gasteiger partial charge in [-0.2, -0.15) is 0 Å². The molecular weight excluding hydrogens is 216 g/mol. The molecule has 0 aromatic carbocycles. The van der Waals surface area contributed by atoms with Gasteiger partial charge in [-0.15, -0.1) is 0 Å². The summed E-state index contributed by atoms with van der Waals surface area (Å²) in [5.41, 5.74) is 0. The van der Waals surface area contributed by atoms with E-state index in [4.69, 9.17) is 0 Å². The monoisotopic (exact) mass is 240 g/mol. The second-order valence-electron chi connectivity index (χ2n) is 5.06. The summed E-state index contributed by atoms with van der Waals surface area (Å²) < 4.78 is 0. The smallest absolute Gasteiger partial charge is 0.311 e. The van der Waals surface area contributed by atoms with Crippen molar-refractivity contribution in [2.45, 2.75) is 39.5 Å². The minimum absolute atomic E-state index is 0.380. The average Bonchev–Trinajstić information content (AvgIpc) is 2.37. The van der Waals surface area contributed by atoms with E-state index >= 15 is 0 Å². The Morgan fingerprint density at radius 3 is 2.41 bits per heavy atom. The zero-order chi connectivity index (χ0) is 12.8. The lowest BCUT2D eigenvalue weighted by molar-refractivity contribution is -0.146. The van der Waals surface area contributed by atoms with Gasteiger partial charge in [-0.05, 0) is 31.1 Å². The van der Waals surface area contributed by atoms with E-state index in [1.807, 2.05) is 0 Å². The number of carbonyl (C=O) groups excluding carboxylic acids is 2. The Morgan fingerprint density at radius 1 is 1.35 bits per heavy atom. The van der Waals surface area contributed by atoms with Crippen molar-refractivity contribution < 1.29 is 9.59 Å². The van der Waals surface area contributed by atoms with Crippen LogP contribution >= 0.6 is 0 Å². The Bertz CT molecular complexity index is 271. The molecule has 0 saturated carbocycles. The highest BCUT2D eigenvalue weighted by atomic mass is 16.2. The maximum Gasteiger partial charge on any atom is 0.311 e. The minimum Gasteiger partial charge on any atom is -0.351 e. The molecule has 0 radical (unpaired) electrons. The predicted octanol–water partition coefficient (Wildman–Crippen LogP) is 1.41. The van der Waals surface area contributed by atoms with Crippen molar-refractivity contribution in [1.29, 1.82) is 0 Å². The van der Waals surface area contributed by atoms with Crippen LogP contribution in [0.3, 0.4) is 0 Å². The van der Waals surface area contributed by atoms with E-state index < -0.39 is 5.91 Å². The van der Waals surface area contributed by atoms with E-state index in [2.05, 4.69) is 19.2 Å². The van der Waals surface area contributed by atoms with Crippen molar-refractivity contribution in [1.82, 2.24) is 10.2 Å². The molecule has 1 heterocycles. The highest BCUT2D eigenvalue weighted by Gasteiger charge is 2.26. The number of likely N-dealkylation sites (N-methyl/N-ethyl adjacent to an activating group) is 1. The molecule has 0 aromatic heterocycles. The number of hydrogen-bond donors (Lipinski definition) is 1. The number of nitrogens with one attached hydrogen (secondary N) is 1. The van der Waals surface area contributed by atoms with E-state index in [9.17, 15) is 9.59 Å². The van der Waals surface area contributed by atoms with Crippen molar-refractivity contribution in [3.63, 3.8) is 0 Å². The van der Waals surface area contributed by atoms with Crippen LogP contribution in [0.25, 0.3) is 0 Å². The standard InChI is InChI=1S/C13H24N2O2/c1-4-10(2)9-11-5-7-15(8-6-11)13(17)12(16)14-3/h10-11H,4-9H2,1-3H3,(H,14,16). The summed E-state index contributed by atoms with van der Waals surface area (Å²) in [6.07, 6.45) is 4.54. The molecule has 0 bridgehead atoms. The van der Waals surface area contributed by atoms with Gasteiger partial charge in [0.15, 0.2) is 0 Å². The first kappa shape index (κ1) is 14.0. The number of piperidine rings is 1. The Labute approximate surface area is 104 Å². The lowest BCUT2D eigenvalue weighted by atomic mass is 9.87. The van der Waals surface area contributed by atoms with E-state index in [0.717, 1.165) is 37.8 Å². The topological polar surface area (TPSA) is 49.4 Å². The Hall–Kier alpha value is -1.06. The Morgan fingerprint density at radius 2 is 1.94 bits per heavy atom. The number of nitrogens with zero attached hydrogens (tertiary/aromatic N) is 1. The molecule has 1 aliphatic heterocycles. The Kier molecular flexibility index (Phi) is 5.45. The van der Waals surface area contributed by atoms with Crippen LogP contribution in [0.2, 0.25) is 0 Å². The number of amides is 2. The van der Waals surface area contributed by atoms with Gasteiger partial charge in [0.1, 0.15) is 0 Å². The molecule has 0 spiro atoms. The van der Waals surface area contributed by atoms with E-state index in [1.54, 1.807) is 4.90 Å². The van der Waals surface area contributed by atoms with Crippen LogP contribution in [-0.2, 0) is 9.59 Å². The molecule has 4 nitrogen and oxygen atoms in total. The molecule has 4 heteroatoms. The second kappa shape index (κ2) is 6.62. The first-order valence-corrected chi connectivity index (χ1v) is 6.59. The summed E-state index contributed by atoms with van der Waals surface area (Å²) in [5, 5.41) is 2.38. The first-order valence-electron chi connectivity index (χ1n) is 6.59. The highest BCUT2D eigenvalue weighted by Crippen LogP contribution is 2.25. The van der Waals surface area contributed by atoms with Gasteiger partial charge in [0.25, 0.3) is 0 Å². The number of rotatable bonds is 3. The molecule has 98 valence electrons. The van der Waals surface area contributed by atoms with Crippen LogP contribution in [0.1, 0.15) is 39.5 Å². The molecule has 1 aliphatic rings. The summed E-state index contributed by atoms with van der Waals surface area (Å²) in [6, 6.07) is 0. The normalized spacial score (nSPS) is 18.9. The fourth-order valence-electron chi connectivity index (χ4n) is 2.36. The number of likely N-dealkylation sites (tertiary alicyclic amines) is 1. The van der Waals surface area contributed by atoms with Crippen LogP contribution in [0, 0.1) is 11.8 Å². The van der Waals surface area contributed by atoms with Crippen molar-refractivity contribution in [3.8, 4) is 0 Å². The molecule has 1 atom stereocenters. The summed E-state index contributed by atoms with van der Waals surface area (Å²) in [5.74, 6) is 0.611. The third kappa shape index (κ3) is 4.02. The molecule has 1 saturated heterocycles. The summed E-state index contributed by atoms with van der Waals surface area (Å²) in [7, 11) is 1.50. The zero-order valence-corrected chi connectivity index (χ0v) is 11.2. The molecule has 2 amide bonds. The number of carbonyl (C=O) groups is 2. The third-order valence-electron chi connectivity index (χ3n) is 3.76. The minimum atomic E-state index is -0.495. The fraction of sp³-hybridized carbons (Fsp3) is 0.846. The van der Waals surface area contributed by atoms with Gasteiger partial charge in [0.2, 0.25) is 0 Å². The summed E-state index contributed by atoms with van der Waals surface area (Å²) in [4.78, 5) is 24.5. The predicted molar refractivity (Wildman–Crippen MR) is 67.4 cm³/mol. The third-order valence-corrected chi connectivity index (χ3v) is 3.76. The Balaban J connectivity index is 2.35. The van der Waals surface area contributed by atoms with Gasteiger partial charge < -0.3 is 10.2 Å².